The minimum absolute atomic E-state index is 0.0162. The molecule has 0 aliphatic rings. The quantitative estimate of drug-likeness (QED) is 0.472. The third kappa shape index (κ3) is 3.20. The highest BCUT2D eigenvalue weighted by atomic mass is 32.2. The molecule has 0 saturated heterocycles. The van der Waals surface area contributed by atoms with Gasteiger partial charge in [0, 0.05) is 19.4 Å². The Morgan fingerprint density at radius 2 is 1.86 bits per heavy atom. The number of nitrogens with one attached hydrogen (secondary N) is 1. The molecule has 28 heavy (non-hydrogen) atoms. The number of aromatic amines is 1. The third-order valence-corrected chi connectivity index (χ3v) is 5.07. The van der Waals surface area contributed by atoms with Crippen LogP contribution < -0.4 is 15.0 Å². The Kier molecular flexibility index (Phi) is 4.30. The number of fused-ring (bicyclic) bond motifs is 3. The van der Waals surface area contributed by atoms with Gasteiger partial charge in [0.05, 0.1) is 0 Å². The zero-order valence-corrected chi connectivity index (χ0v) is 15.9. The first kappa shape index (κ1) is 18.0. The SMILES string of the molecule is Cn1c(S(C)(=O)=O)nc2c(=O)[nH]c3cc(OCCOc4ccccc4)nn3c21. The van der Waals surface area contributed by atoms with E-state index in [0.717, 1.165) is 12.0 Å². The number of aryl methyl sites for hydroxylation is 1. The van der Waals surface area contributed by atoms with Gasteiger partial charge in [-0.25, -0.2) is 13.4 Å². The fourth-order valence-electron chi connectivity index (χ4n) is 2.87. The Bertz CT molecular complexity index is 1320. The molecule has 0 spiro atoms. The summed E-state index contributed by atoms with van der Waals surface area (Å²) in [7, 11) is -2.09. The van der Waals surface area contributed by atoms with Crippen LogP contribution in [0.25, 0.3) is 16.8 Å². The lowest BCUT2D eigenvalue weighted by molar-refractivity contribution is 0.211. The number of rotatable bonds is 6. The molecule has 4 aromatic rings. The topological polar surface area (TPSA) is 121 Å². The van der Waals surface area contributed by atoms with Crippen LogP contribution in [0.1, 0.15) is 0 Å². The van der Waals surface area contributed by atoms with E-state index in [9.17, 15) is 13.2 Å². The van der Waals surface area contributed by atoms with E-state index in [-0.39, 0.29) is 28.8 Å². The molecule has 0 atom stereocenters. The fourth-order valence-corrected chi connectivity index (χ4v) is 3.72. The molecule has 3 aromatic heterocycles. The molecule has 1 N–H and O–H groups in total. The van der Waals surface area contributed by atoms with E-state index >= 15 is 0 Å². The molecule has 0 aliphatic heterocycles. The number of imidazole rings is 1. The maximum Gasteiger partial charge on any atom is 0.279 e. The average Bonchev–Trinajstić information content (AvgIpc) is 3.20. The average molecular weight is 403 g/mol. The molecular formula is C17H17N5O5S. The molecule has 0 amide bonds. The third-order valence-electron chi connectivity index (χ3n) is 4.04. The first-order valence-corrected chi connectivity index (χ1v) is 10.2. The van der Waals surface area contributed by atoms with Gasteiger partial charge in [0.2, 0.25) is 20.9 Å². The van der Waals surface area contributed by atoms with Gasteiger partial charge in [-0.1, -0.05) is 18.2 Å². The molecule has 4 rings (SSSR count). The lowest BCUT2D eigenvalue weighted by atomic mass is 10.3. The van der Waals surface area contributed by atoms with Crippen LogP contribution in [-0.2, 0) is 16.9 Å². The van der Waals surface area contributed by atoms with Gasteiger partial charge in [-0.15, -0.1) is 5.10 Å². The molecule has 10 nitrogen and oxygen atoms in total. The van der Waals surface area contributed by atoms with E-state index in [4.69, 9.17) is 9.47 Å². The van der Waals surface area contributed by atoms with Gasteiger partial charge >= 0.3 is 0 Å². The number of sulfone groups is 1. The van der Waals surface area contributed by atoms with Crippen molar-refractivity contribution in [2.24, 2.45) is 7.05 Å². The smallest absolute Gasteiger partial charge is 0.279 e. The predicted molar refractivity (Wildman–Crippen MR) is 101 cm³/mol. The van der Waals surface area contributed by atoms with Gasteiger partial charge < -0.3 is 19.0 Å². The van der Waals surface area contributed by atoms with Crippen molar-refractivity contribution in [1.29, 1.82) is 0 Å². The van der Waals surface area contributed by atoms with Gasteiger partial charge in [-0.2, -0.15) is 4.52 Å². The summed E-state index contributed by atoms with van der Waals surface area (Å²) in [5.41, 5.74) is 0.0958. The Morgan fingerprint density at radius 1 is 1.14 bits per heavy atom. The van der Waals surface area contributed by atoms with Gasteiger partial charge in [-0.05, 0) is 12.1 Å². The first-order chi connectivity index (χ1) is 13.3. The van der Waals surface area contributed by atoms with Crippen molar-refractivity contribution >= 4 is 26.6 Å². The van der Waals surface area contributed by atoms with E-state index in [1.807, 2.05) is 30.3 Å². The number of nitrogens with zero attached hydrogens (tertiary/aromatic N) is 4. The van der Waals surface area contributed by atoms with Gasteiger partial charge in [0.15, 0.2) is 11.2 Å². The minimum Gasteiger partial charge on any atom is -0.490 e. The number of aromatic nitrogens is 5. The van der Waals surface area contributed by atoms with E-state index in [1.165, 1.54) is 16.1 Å². The van der Waals surface area contributed by atoms with Crippen LogP contribution in [-0.4, -0.2) is 52.0 Å². The monoisotopic (exact) mass is 403 g/mol. The van der Waals surface area contributed by atoms with Crippen LogP contribution in [0.2, 0.25) is 0 Å². The summed E-state index contributed by atoms with van der Waals surface area (Å²) in [6.45, 7) is 0.555. The van der Waals surface area contributed by atoms with Gasteiger partial charge in [-0.3, -0.25) is 4.79 Å². The molecule has 11 heteroatoms. The van der Waals surface area contributed by atoms with Crippen molar-refractivity contribution < 1.29 is 17.9 Å². The Morgan fingerprint density at radius 3 is 2.57 bits per heavy atom. The molecule has 0 aliphatic carbocycles. The standard InChI is InChI=1S/C17H17N5O5S/c1-21-16-14(19-17(21)28(2,24)25)15(23)18-12-10-13(20-22(12)16)27-9-8-26-11-6-4-3-5-7-11/h3-7,10H,8-9H2,1-2H3,(H,18,23). The first-order valence-electron chi connectivity index (χ1n) is 8.34. The lowest BCUT2D eigenvalue weighted by Crippen LogP contribution is -2.11. The fraction of sp³-hybridized carbons (Fsp3) is 0.235. The number of H-pyrrole nitrogens is 1. The van der Waals surface area contributed by atoms with E-state index in [2.05, 4.69) is 15.1 Å². The number of hydrogen-bond acceptors (Lipinski definition) is 7. The second-order valence-corrected chi connectivity index (χ2v) is 8.05. The molecule has 0 saturated carbocycles. The second-order valence-electron chi connectivity index (χ2n) is 6.14. The van der Waals surface area contributed by atoms with Crippen molar-refractivity contribution in [2.75, 3.05) is 19.5 Å². The molecule has 0 unspecified atom stereocenters. The van der Waals surface area contributed by atoms with E-state index < -0.39 is 15.4 Å². The van der Waals surface area contributed by atoms with Crippen molar-refractivity contribution in [2.45, 2.75) is 5.16 Å². The van der Waals surface area contributed by atoms with Crippen LogP contribution in [0.15, 0.2) is 46.3 Å². The molecule has 0 bridgehead atoms. The minimum atomic E-state index is -3.61. The molecule has 0 radical (unpaired) electrons. The maximum absolute atomic E-state index is 12.3. The van der Waals surface area contributed by atoms with E-state index in [1.54, 1.807) is 6.07 Å². The van der Waals surface area contributed by atoms with Crippen molar-refractivity contribution in [3.8, 4) is 11.6 Å². The summed E-state index contributed by atoms with van der Waals surface area (Å²) < 4.78 is 37.7. The van der Waals surface area contributed by atoms with Gasteiger partial charge in [0.1, 0.15) is 24.6 Å². The molecule has 0 fully saturated rings. The van der Waals surface area contributed by atoms with Crippen LogP contribution in [0, 0.1) is 0 Å². The highest BCUT2D eigenvalue weighted by Gasteiger charge is 2.22. The highest BCUT2D eigenvalue weighted by Crippen LogP contribution is 2.19. The molecule has 1 aromatic carbocycles. The van der Waals surface area contributed by atoms with Crippen molar-refractivity contribution in [3.05, 3.63) is 46.8 Å². The van der Waals surface area contributed by atoms with Gasteiger partial charge in [0.25, 0.3) is 5.56 Å². The number of benzene rings is 1. The van der Waals surface area contributed by atoms with Crippen LogP contribution >= 0.6 is 0 Å². The zero-order chi connectivity index (χ0) is 19.9. The van der Waals surface area contributed by atoms with Crippen LogP contribution in [0.4, 0.5) is 0 Å². The molecule has 146 valence electrons. The second kappa shape index (κ2) is 6.68. The number of hydrogen-bond donors (Lipinski definition) is 1. The maximum atomic E-state index is 12.3. The van der Waals surface area contributed by atoms with Crippen molar-refractivity contribution in [1.82, 2.24) is 24.1 Å². The molecular weight excluding hydrogens is 386 g/mol. The summed E-state index contributed by atoms with van der Waals surface area (Å²) >= 11 is 0. The lowest BCUT2D eigenvalue weighted by Gasteiger charge is -2.05. The van der Waals surface area contributed by atoms with Crippen molar-refractivity contribution in [3.63, 3.8) is 0 Å². The zero-order valence-electron chi connectivity index (χ0n) is 15.1. The summed E-state index contributed by atoms with van der Waals surface area (Å²) in [5.74, 6) is 0.997. The summed E-state index contributed by atoms with van der Waals surface area (Å²) in [4.78, 5) is 18.9. The van der Waals surface area contributed by atoms with E-state index in [0.29, 0.717) is 12.3 Å². The van der Waals surface area contributed by atoms with Crippen LogP contribution in [0.3, 0.4) is 0 Å². The predicted octanol–water partition coefficient (Wildman–Crippen LogP) is 0.771. The highest BCUT2D eigenvalue weighted by molar-refractivity contribution is 7.90. The summed E-state index contributed by atoms with van der Waals surface area (Å²) in [6, 6.07) is 10.9. The summed E-state index contributed by atoms with van der Waals surface area (Å²) in [6.07, 6.45) is 1.03. The van der Waals surface area contributed by atoms with Crippen LogP contribution in [0.5, 0.6) is 11.6 Å². The normalized spacial score (nSPS) is 11.9. The largest absolute Gasteiger partial charge is 0.490 e. The number of ether oxygens (including phenoxy) is 2. The molecule has 3 heterocycles. The number of para-hydroxylation sites is 1. The summed E-state index contributed by atoms with van der Waals surface area (Å²) in [5, 5.41) is 4.08. The Labute approximate surface area is 159 Å². The Hall–Kier alpha value is -3.34. The Balaban J connectivity index is 1.62.